The van der Waals surface area contributed by atoms with Gasteiger partial charge in [-0.15, -0.1) is 0 Å². The normalized spacial score (nSPS) is 19.9. The number of Topliss-reactive ketones (excluding diaryl/α,β-unsaturated/α-hetero) is 1. The fourth-order valence-corrected chi connectivity index (χ4v) is 5.59. The Labute approximate surface area is 216 Å². The molecule has 0 bridgehead atoms. The molecule has 0 N–H and O–H groups in total. The third kappa shape index (κ3) is 4.18. The van der Waals surface area contributed by atoms with E-state index in [2.05, 4.69) is 18.1 Å². The fraction of sp³-hybridized carbons (Fsp3) is 0.379. The Kier molecular flexibility index (Phi) is 5.77. The van der Waals surface area contributed by atoms with Crippen molar-refractivity contribution in [3.63, 3.8) is 0 Å². The fourth-order valence-electron chi connectivity index (χ4n) is 5.59. The molecular weight excluding hydrogens is 472 g/mol. The van der Waals surface area contributed by atoms with Crippen LogP contribution in [-0.4, -0.2) is 49.5 Å². The van der Waals surface area contributed by atoms with E-state index < -0.39 is 5.82 Å². The van der Waals surface area contributed by atoms with Crippen molar-refractivity contribution in [2.45, 2.75) is 38.6 Å². The van der Waals surface area contributed by atoms with Crippen LogP contribution in [0.25, 0.3) is 5.57 Å². The van der Waals surface area contributed by atoms with Gasteiger partial charge in [-0.3, -0.25) is 4.79 Å². The molecule has 3 fully saturated rings. The monoisotopic (exact) mass is 503 g/mol. The largest absolute Gasteiger partial charge is 0.366 e. The lowest BCUT2D eigenvalue weighted by molar-refractivity contribution is -0.113. The summed E-state index contributed by atoms with van der Waals surface area (Å²) in [5.74, 6) is 0.166. The van der Waals surface area contributed by atoms with E-state index in [0.29, 0.717) is 60.2 Å². The predicted molar refractivity (Wildman–Crippen MR) is 144 cm³/mol. The van der Waals surface area contributed by atoms with Gasteiger partial charge in [-0.1, -0.05) is 13.2 Å². The van der Waals surface area contributed by atoms with Gasteiger partial charge in [-0.25, -0.2) is 13.8 Å². The van der Waals surface area contributed by atoms with Crippen LogP contribution in [0.4, 0.5) is 31.8 Å². The molecule has 1 aliphatic carbocycles. The van der Waals surface area contributed by atoms with Crippen LogP contribution in [0.3, 0.4) is 0 Å². The molecule has 1 saturated carbocycles. The maximum Gasteiger partial charge on any atom is 0.167 e. The van der Waals surface area contributed by atoms with Crippen molar-refractivity contribution in [1.29, 1.82) is 0 Å². The Hall–Kier alpha value is -3.68. The van der Waals surface area contributed by atoms with Crippen LogP contribution in [0.1, 0.15) is 38.2 Å². The quantitative estimate of drug-likeness (QED) is 0.554. The summed E-state index contributed by atoms with van der Waals surface area (Å²) >= 11 is 0. The van der Waals surface area contributed by atoms with Crippen LogP contribution in [0.15, 0.2) is 54.9 Å². The van der Waals surface area contributed by atoms with Gasteiger partial charge in [0.15, 0.2) is 17.4 Å². The number of hydrogen-bond acceptors (Lipinski definition) is 6. The maximum absolute atomic E-state index is 15.4. The molecule has 4 aliphatic rings. The van der Waals surface area contributed by atoms with Crippen molar-refractivity contribution < 1.29 is 13.6 Å². The second kappa shape index (κ2) is 9.01. The van der Waals surface area contributed by atoms with Crippen LogP contribution >= 0.6 is 0 Å². The number of nitrogens with zero attached hydrogens (tertiary/aromatic N) is 5. The van der Waals surface area contributed by atoms with E-state index in [-0.39, 0.29) is 17.6 Å². The third-order valence-corrected chi connectivity index (χ3v) is 7.81. The molecule has 6 nitrogen and oxygen atoms in total. The molecule has 37 heavy (non-hydrogen) atoms. The van der Waals surface area contributed by atoms with Crippen molar-refractivity contribution in [2.24, 2.45) is 0 Å². The Bertz CT molecular complexity index is 1340. The van der Waals surface area contributed by atoms with E-state index >= 15 is 8.78 Å². The molecule has 4 heterocycles. The molecule has 1 aromatic heterocycles. The number of carbonyl (C=O) groups is 1. The molecule has 0 radical (unpaired) electrons. The number of rotatable bonds is 5. The number of benzene rings is 1. The third-order valence-electron chi connectivity index (χ3n) is 7.81. The van der Waals surface area contributed by atoms with Crippen LogP contribution in [0.5, 0.6) is 0 Å². The van der Waals surface area contributed by atoms with Crippen molar-refractivity contribution in [1.82, 2.24) is 4.98 Å². The highest BCUT2D eigenvalue weighted by molar-refractivity contribution is 6.11. The van der Waals surface area contributed by atoms with Gasteiger partial charge >= 0.3 is 0 Å². The molecule has 8 heteroatoms. The van der Waals surface area contributed by atoms with Crippen molar-refractivity contribution in [3.8, 4) is 0 Å². The number of allylic oxidation sites excluding steroid dienone is 3. The number of hydrogen-bond donors (Lipinski definition) is 0. The lowest BCUT2D eigenvalue weighted by atomic mass is 9.94. The molecule has 3 aliphatic heterocycles. The molecule has 6 rings (SSSR count). The average Bonchev–Trinajstić information content (AvgIpc) is 3.64. The van der Waals surface area contributed by atoms with Gasteiger partial charge in [0.25, 0.3) is 0 Å². The molecule has 0 spiro atoms. The number of aromatic nitrogens is 1. The van der Waals surface area contributed by atoms with E-state index in [1.165, 1.54) is 13.0 Å². The minimum Gasteiger partial charge on any atom is -0.366 e. The highest BCUT2D eigenvalue weighted by Gasteiger charge is 2.36. The van der Waals surface area contributed by atoms with E-state index in [9.17, 15) is 4.79 Å². The molecule has 0 unspecified atom stereocenters. The highest BCUT2D eigenvalue weighted by Crippen LogP contribution is 2.43. The molecule has 1 aromatic carbocycles. The number of carbonyl (C=O) groups excluding carboxylic acids is 1. The Balaban J connectivity index is 1.21. The van der Waals surface area contributed by atoms with E-state index in [1.807, 2.05) is 33.0 Å². The number of anilines is 4. The summed E-state index contributed by atoms with van der Waals surface area (Å²) in [6.45, 7) is 12.7. The van der Waals surface area contributed by atoms with Crippen LogP contribution in [0, 0.1) is 11.6 Å². The zero-order valence-electron chi connectivity index (χ0n) is 21.1. The van der Waals surface area contributed by atoms with Gasteiger partial charge < -0.3 is 19.6 Å². The first kappa shape index (κ1) is 23.7. The zero-order chi connectivity index (χ0) is 25.8. The van der Waals surface area contributed by atoms with Crippen LogP contribution in [-0.2, 0) is 4.79 Å². The number of piperazine rings is 1. The molecule has 2 aromatic rings. The average molecular weight is 504 g/mol. The summed E-state index contributed by atoms with van der Waals surface area (Å²) in [4.78, 5) is 24.9. The van der Waals surface area contributed by atoms with Gasteiger partial charge in [-0.05, 0) is 62.4 Å². The summed E-state index contributed by atoms with van der Waals surface area (Å²) < 4.78 is 30.5. The van der Waals surface area contributed by atoms with E-state index in [0.717, 1.165) is 43.6 Å². The van der Waals surface area contributed by atoms with Crippen molar-refractivity contribution >= 4 is 34.4 Å². The lowest BCUT2D eigenvalue weighted by Gasteiger charge is -2.38. The van der Waals surface area contributed by atoms with Gasteiger partial charge in [0, 0.05) is 67.5 Å². The van der Waals surface area contributed by atoms with Gasteiger partial charge in [0.05, 0.1) is 5.69 Å². The van der Waals surface area contributed by atoms with E-state index in [4.69, 9.17) is 4.98 Å². The first-order chi connectivity index (χ1) is 17.8. The summed E-state index contributed by atoms with van der Waals surface area (Å²) in [6.07, 6.45) is 5.83. The second-order valence-electron chi connectivity index (χ2n) is 10.3. The Morgan fingerprint density at radius 1 is 0.973 bits per heavy atom. The zero-order valence-corrected chi connectivity index (χ0v) is 21.1. The number of pyridine rings is 1. The smallest absolute Gasteiger partial charge is 0.167 e. The Morgan fingerprint density at radius 3 is 2.32 bits per heavy atom. The summed E-state index contributed by atoms with van der Waals surface area (Å²) in [7, 11) is 0. The lowest BCUT2D eigenvalue weighted by Crippen LogP contribution is -2.47. The van der Waals surface area contributed by atoms with Crippen molar-refractivity contribution in [3.05, 3.63) is 72.1 Å². The minimum absolute atomic E-state index is 0.0902. The first-order valence-electron chi connectivity index (χ1n) is 13.0. The van der Waals surface area contributed by atoms with Crippen LogP contribution in [0.2, 0.25) is 0 Å². The molecule has 0 amide bonds. The summed E-state index contributed by atoms with van der Waals surface area (Å²) in [6, 6.07) is 7.11. The summed E-state index contributed by atoms with van der Waals surface area (Å²) in [5, 5.41) is 0. The first-order valence-corrected chi connectivity index (χ1v) is 13.0. The molecular formula is C29H31F2N5O. The van der Waals surface area contributed by atoms with Crippen molar-refractivity contribution in [2.75, 3.05) is 52.3 Å². The van der Waals surface area contributed by atoms with Gasteiger partial charge in [-0.2, -0.15) is 0 Å². The van der Waals surface area contributed by atoms with Gasteiger partial charge in [0.2, 0.25) is 0 Å². The number of fused-ring (bicyclic) bond motifs is 1. The van der Waals surface area contributed by atoms with Gasteiger partial charge in [0.1, 0.15) is 11.6 Å². The predicted octanol–water partition coefficient (Wildman–Crippen LogP) is 5.27. The SMILES string of the molecule is C=C1C(C(C)=O)=CN(C2CC2)c2nc(N3CCN(c4ccc(N5CCCC5=C)cc4F)CC3)c(F)cc21. The topological polar surface area (TPSA) is 42.9 Å². The standard InChI is InChI=1S/C29H31F2N5O/c1-18-5-4-10-35(18)22-8-9-27(25(30)15-22)33-11-13-34(14-12-33)29-26(31)16-23-19(2)24(20(3)37)17-36(21-6-7-21)28(23)32-29/h8-9,15-17,21H,1-2,4-7,10-14H2,3H3. The molecule has 2 saturated heterocycles. The summed E-state index contributed by atoms with van der Waals surface area (Å²) in [5.41, 5.74) is 4.01. The van der Waals surface area contributed by atoms with Crippen LogP contribution < -0.4 is 19.6 Å². The number of halogens is 2. The maximum atomic E-state index is 15.4. The molecule has 0 atom stereocenters. The molecule has 192 valence electrons. The minimum atomic E-state index is -0.435. The van der Waals surface area contributed by atoms with E-state index in [1.54, 1.807) is 6.07 Å². The number of ketones is 1. The Morgan fingerprint density at radius 2 is 1.70 bits per heavy atom. The second-order valence-corrected chi connectivity index (χ2v) is 10.3. The highest BCUT2D eigenvalue weighted by atomic mass is 19.1.